The third kappa shape index (κ3) is 5.53. The third-order valence-corrected chi connectivity index (χ3v) is 6.68. The molecule has 150 valence electrons. The maximum Gasteiger partial charge on any atom is 0.237 e. The van der Waals surface area contributed by atoms with Crippen LogP contribution in [0, 0.1) is 6.92 Å². The van der Waals surface area contributed by atoms with Crippen LogP contribution in [-0.2, 0) is 11.3 Å². The molecule has 0 N–H and O–H groups in total. The van der Waals surface area contributed by atoms with E-state index in [1.165, 1.54) is 11.1 Å². The van der Waals surface area contributed by atoms with Crippen molar-refractivity contribution in [3.8, 4) is 0 Å². The first-order valence-electron chi connectivity index (χ1n) is 10.0. The van der Waals surface area contributed by atoms with Crippen LogP contribution >= 0.6 is 23.4 Å². The molecule has 1 aliphatic heterocycles. The van der Waals surface area contributed by atoms with Crippen molar-refractivity contribution < 1.29 is 4.79 Å². The molecule has 3 rings (SSSR count). The standard InChI is InChI=1S/C23H29ClN2OS/c1-3-4-13-25(16-19-11-9-18(2)10-12-19)17-22(27)26-14-15-28-23(26)20-7-5-6-8-21(20)24/h5-12,23H,3-4,13-17H2,1-2H3/t23-/m0/s1. The molecule has 0 saturated carbocycles. The lowest BCUT2D eigenvalue weighted by atomic mass is 10.1. The molecule has 2 aromatic rings. The van der Waals surface area contributed by atoms with Gasteiger partial charge in [0.1, 0.15) is 5.37 Å². The molecular weight excluding hydrogens is 388 g/mol. The highest BCUT2D eigenvalue weighted by molar-refractivity contribution is 7.99. The van der Waals surface area contributed by atoms with Gasteiger partial charge in [0, 0.05) is 29.4 Å². The zero-order chi connectivity index (χ0) is 19.9. The Kier molecular flexibility index (Phi) is 7.83. The second-order valence-electron chi connectivity index (χ2n) is 7.38. The summed E-state index contributed by atoms with van der Waals surface area (Å²) in [5, 5.41) is 0.760. The molecule has 1 heterocycles. The van der Waals surface area contributed by atoms with E-state index in [4.69, 9.17) is 11.6 Å². The number of hydrogen-bond donors (Lipinski definition) is 0. The molecule has 3 nitrogen and oxygen atoms in total. The number of benzene rings is 2. The van der Waals surface area contributed by atoms with Crippen LogP contribution in [0.2, 0.25) is 5.02 Å². The van der Waals surface area contributed by atoms with Crippen molar-refractivity contribution >= 4 is 29.3 Å². The minimum atomic E-state index is 0.0219. The third-order valence-electron chi connectivity index (χ3n) is 5.10. The predicted molar refractivity (Wildman–Crippen MR) is 120 cm³/mol. The number of carbonyl (C=O) groups excluding carboxylic acids is 1. The fraction of sp³-hybridized carbons (Fsp3) is 0.435. The molecule has 0 spiro atoms. The largest absolute Gasteiger partial charge is 0.325 e. The molecule has 1 aliphatic rings. The number of aryl methyl sites for hydroxylation is 1. The summed E-state index contributed by atoms with van der Waals surface area (Å²) < 4.78 is 0. The average Bonchev–Trinajstić information content (AvgIpc) is 3.18. The summed E-state index contributed by atoms with van der Waals surface area (Å²) in [6.07, 6.45) is 2.22. The van der Waals surface area contributed by atoms with Crippen molar-refractivity contribution in [2.45, 2.75) is 38.6 Å². The maximum absolute atomic E-state index is 13.2. The van der Waals surface area contributed by atoms with Crippen LogP contribution in [0.25, 0.3) is 0 Å². The predicted octanol–water partition coefficient (Wildman–Crippen LogP) is 5.52. The Morgan fingerprint density at radius 1 is 1.21 bits per heavy atom. The van der Waals surface area contributed by atoms with Gasteiger partial charge in [-0.3, -0.25) is 9.69 Å². The van der Waals surface area contributed by atoms with Gasteiger partial charge in [-0.05, 0) is 31.5 Å². The van der Waals surface area contributed by atoms with Gasteiger partial charge in [-0.15, -0.1) is 11.8 Å². The van der Waals surface area contributed by atoms with E-state index in [0.717, 1.165) is 48.8 Å². The lowest BCUT2D eigenvalue weighted by molar-refractivity contribution is -0.132. The van der Waals surface area contributed by atoms with Crippen LogP contribution in [0.4, 0.5) is 0 Å². The van der Waals surface area contributed by atoms with Crippen LogP contribution in [0.1, 0.15) is 41.8 Å². The Labute approximate surface area is 178 Å². The van der Waals surface area contributed by atoms with Crippen molar-refractivity contribution in [1.29, 1.82) is 0 Å². The lowest BCUT2D eigenvalue weighted by Crippen LogP contribution is -2.40. The molecule has 0 bridgehead atoms. The number of amides is 1. The first-order valence-corrected chi connectivity index (χ1v) is 11.4. The van der Waals surface area contributed by atoms with Gasteiger partial charge in [-0.1, -0.05) is 73.0 Å². The molecule has 0 radical (unpaired) electrons. The number of rotatable bonds is 8. The van der Waals surface area contributed by atoms with E-state index < -0.39 is 0 Å². The summed E-state index contributed by atoms with van der Waals surface area (Å²) in [5.41, 5.74) is 3.56. The molecule has 1 fully saturated rings. The normalized spacial score (nSPS) is 16.7. The van der Waals surface area contributed by atoms with Gasteiger partial charge >= 0.3 is 0 Å². The van der Waals surface area contributed by atoms with Crippen molar-refractivity contribution in [3.05, 3.63) is 70.2 Å². The summed E-state index contributed by atoms with van der Waals surface area (Å²) in [6.45, 7) is 7.27. The van der Waals surface area contributed by atoms with Crippen molar-refractivity contribution in [3.63, 3.8) is 0 Å². The summed E-state index contributed by atoms with van der Waals surface area (Å²) in [5.74, 6) is 1.15. The Bertz CT molecular complexity index is 780. The van der Waals surface area contributed by atoms with Crippen molar-refractivity contribution in [2.75, 3.05) is 25.4 Å². The molecule has 1 saturated heterocycles. The number of unbranched alkanes of at least 4 members (excludes halogenated alkanes) is 1. The topological polar surface area (TPSA) is 23.6 Å². The SMILES string of the molecule is CCCCN(CC(=O)N1CCS[C@H]1c1ccccc1Cl)Cc1ccc(C)cc1. The Morgan fingerprint density at radius 3 is 2.68 bits per heavy atom. The molecular formula is C23H29ClN2OS. The number of nitrogens with zero attached hydrogens (tertiary/aromatic N) is 2. The molecule has 1 atom stereocenters. The van der Waals surface area contributed by atoms with Gasteiger partial charge in [0.15, 0.2) is 0 Å². The zero-order valence-electron chi connectivity index (χ0n) is 16.7. The Balaban J connectivity index is 1.69. The van der Waals surface area contributed by atoms with Crippen LogP contribution < -0.4 is 0 Å². The first kappa shape index (κ1) is 21.2. The van der Waals surface area contributed by atoms with Gasteiger partial charge in [0.05, 0.1) is 6.54 Å². The minimum absolute atomic E-state index is 0.0219. The Hall–Kier alpha value is -1.49. The van der Waals surface area contributed by atoms with E-state index in [2.05, 4.69) is 43.0 Å². The van der Waals surface area contributed by atoms with E-state index in [-0.39, 0.29) is 11.3 Å². The van der Waals surface area contributed by atoms with Gasteiger partial charge in [-0.25, -0.2) is 0 Å². The highest BCUT2D eigenvalue weighted by Gasteiger charge is 2.32. The highest BCUT2D eigenvalue weighted by Crippen LogP contribution is 2.40. The monoisotopic (exact) mass is 416 g/mol. The lowest BCUT2D eigenvalue weighted by Gasteiger charge is -2.29. The maximum atomic E-state index is 13.2. The number of hydrogen-bond acceptors (Lipinski definition) is 3. The van der Waals surface area contributed by atoms with E-state index in [1.807, 2.05) is 29.2 Å². The number of halogens is 1. The van der Waals surface area contributed by atoms with Gasteiger partial charge in [0.2, 0.25) is 5.91 Å². The summed E-state index contributed by atoms with van der Waals surface area (Å²) in [7, 11) is 0. The molecule has 2 aromatic carbocycles. The average molecular weight is 417 g/mol. The van der Waals surface area contributed by atoms with Gasteiger partial charge in [-0.2, -0.15) is 0 Å². The van der Waals surface area contributed by atoms with Gasteiger partial charge < -0.3 is 4.90 Å². The second kappa shape index (κ2) is 10.3. The fourth-order valence-electron chi connectivity index (χ4n) is 3.49. The van der Waals surface area contributed by atoms with Crippen LogP contribution in [-0.4, -0.2) is 41.1 Å². The summed E-state index contributed by atoms with van der Waals surface area (Å²) in [4.78, 5) is 17.5. The second-order valence-corrected chi connectivity index (χ2v) is 8.98. The Morgan fingerprint density at radius 2 is 1.96 bits per heavy atom. The summed E-state index contributed by atoms with van der Waals surface area (Å²) >= 11 is 8.21. The van der Waals surface area contributed by atoms with Crippen LogP contribution in [0.3, 0.4) is 0 Å². The van der Waals surface area contributed by atoms with E-state index >= 15 is 0 Å². The molecule has 0 aliphatic carbocycles. The van der Waals surface area contributed by atoms with Crippen molar-refractivity contribution in [2.24, 2.45) is 0 Å². The van der Waals surface area contributed by atoms with E-state index in [1.54, 1.807) is 11.8 Å². The molecule has 1 amide bonds. The van der Waals surface area contributed by atoms with Crippen molar-refractivity contribution in [1.82, 2.24) is 9.80 Å². The summed E-state index contributed by atoms with van der Waals surface area (Å²) in [6, 6.07) is 16.5. The van der Waals surface area contributed by atoms with Crippen LogP contribution in [0.5, 0.6) is 0 Å². The van der Waals surface area contributed by atoms with E-state index in [9.17, 15) is 4.79 Å². The fourth-order valence-corrected chi connectivity index (χ4v) is 5.11. The van der Waals surface area contributed by atoms with Crippen LogP contribution in [0.15, 0.2) is 48.5 Å². The molecule has 5 heteroatoms. The number of thioether (sulfide) groups is 1. The van der Waals surface area contributed by atoms with Gasteiger partial charge in [0.25, 0.3) is 0 Å². The molecule has 28 heavy (non-hydrogen) atoms. The highest BCUT2D eigenvalue weighted by atomic mass is 35.5. The molecule has 0 aromatic heterocycles. The molecule has 0 unspecified atom stereocenters. The zero-order valence-corrected chi connectivity index (χ0v) is 18.3. The van der Waals surface area contributed by atoms with E-state index in [0.29, 0.717) is 6.54 Å². The first-order chi connectivity index (χ1) is 13.6. The smallest absolute Gasteiger partial charge is 0.237 e. The minimum Gasteiger partial charge on any atom is -0.325 e. The quantitative estimate of drug-likeness (QED) is 0.565. The number of carbonyl (C=O) groups is 1.